The number of benzene rings is 2. The van der Waals surface area contributed by atoms with Gasteiger partial charge >= 0.3 is 6.09 Å². The van der Waals surface area contributed by atoms with Gasteiger partial charge in [0, 0.05) is 11.7 Å². The molecule has 1 aliphatic carbocycles. The minimum atomic E-state index is -1.28. The molecular weight excluding hydrogens is 470 g/mol. The molecule has 8 nitrogen and oxygen atoms in total. The standard InChI is InChI=1S/C29H37N3O5/c1-7-20-12-10-13-21(16-20)25(26(34)30-22-14-9-8-11-18(22)2)32(24-15-19(24)3)27(35)23(17-33)31-28(36)37-29(4,5)6/h7-14,16,19,23-25,33H,1,15,17H2,2-6H3,(H,30,34)(H,31,36). The molecule has 3 rings (SSSR count). The van der Waals surface area contributed by atoms with E-state index in [0.717, 1.165) is 11.1 Å². The van der Waals surface area contributed by atoms with E-state index in [2.05, 4.69) is 17.2 Å². The van der Waals surface area contributed by atoms with Crippen LogP contribution in [-0.4, -0.2) is 52.2 Å². The Hall–Kier alpha value is -3.65. The maximum Gasteiger partial charge on any atom is 0.408 e. The fraction of sp³-hybridized carbons (Fsp3) is 0.414. The highest BCUT2D eigenvalue weighted by Gasteiger charge is 2.48. The number of amides is 3. The van der Waals surface area contributed by atoms with Crippen molar-refractivity contribution in [2.75, 3.05) is 11.9 Å². The number of aliphatic hydroxyl groups excluding tert-OH is 1. The molecule has 8 heteroatoms. The zero-order valence-electron chi connectivity index (χ0n) is 22.2. The normalized spacial score (nSPS) is 18.2. The van der Waals surface area contributed by atoms with E-state index in [9.17, 15) is 19.5 Å². The molecule has 0 saturated heterocycles. The molecule has 4 unspecified atom stereocenters. The van der Waals surface area contributed by atoms with E-state index >= 15 is 0 Å². The number of anilines is 1. The van der Waals surface area contributed by atoms with Crippen molar-refractivity contribution in [1.29, 1.82) is 0 Å². The first-order valence-corrected chi connectivity index (χ1v) is 12.5. The summed E-state index contributed by atoms with van der Waals surface area (Å²) in [6.45, 7) is 12.2. The second kappa shape index (κ2) is 11.6. The molecule has 0 aliphatic heterocycles. The van der Waals surface area contributed by atoms with Crippen LogP contribution < -0.4 is 10.6 Å². The summed E-state index contributed by atoms with van der Waals surface area (Å²) in [6.07, 6.45) is 1.55. The van der Waals surface area contributed by atoms with E-state index in [-0.39, 0.29) is 12.0 Å². The van der Waals surface area contributed by atoms with Crippen LogP contribution in [0.2, 0.25) is 0 Å². The van der Waals surface area contributed by atoms with Crippen LogP contribution in [0.5, 0.6) is 0 Å². The first-order chi connectivity index (χ1) is 17.4. The Balaban J connectivity index is 2.02. The number of nitrogens with one attached hydrogen (secondary N) is 2. The van der Waals surface area contributed by atoms with E-state index < -0.39 is 42.2 Å². The maximum atomic E-state index is 13.9. The molecule has 2 aromatic carbocycles. The summed E-state index contributed by atoms with van der Waals surface area (Å²) >= 11 is 0. The van der Waals surface area contributed by atoms with Gasteiger partial charge in [-0.1, -0.05) is 56.0 Å². The molecule has 0 bridgehead atoms. The van der Waals surface area contributed by atoms with Crippen molar-refractivity contribution in [3.05, 3.63) is 71.8 Å². The third-order valence-corrected chi connectivity index (χ3v) is 6.24. The number of aliphatic hydroxyl groups is 1. The fourth-order valence-electron chi connectivity index (χ4n) is 4.20. The number of hydrogen-bond acceptors (Lipinski definition) is 5. The second-order valence-electron chi connectivity index (χ2n) is 10.5. The van der Waals surface area contributed by atoms with Crippen molar-refractivity contribution in [2.24, 2.45) is 5.92 Å². The van der Waals surface area contributed by atoms with Crippen molar-refractivity contribution < 1.29 is 24.2 Å². The van der Waals surface area contributed by atoms with E-state index in [1.54, 1.807) is 39.0 Å². The van der Waals surface area contributed by atoms with E-state index in [4.69, 9.17) is 4.74 Å². The first-order valence-electron chi connectivity index (χ1n) is 12.5. The smallest absolute Gasteiger partial charge is 0.408 e. The minimum Gasteiger partial charge on any atom is -0.444 e. The molecule has 4 atom stereocenters. The highest BCUT2D eigenvalue weighted by atomic mass is 16.6. The molecule has 37 heavy (non-hydrogen) atoms. The second-order valence-corrected chi connectivity index (χ2v) is 10.5. The van der Waals surface area contributed by atoms with Crippen LogP contribution in [0.15, 0.2) is 55.1 Å². The van der Waals surface area contributed by atoms with Gasteiger partial charge in [-0.2, -0.15) is 0 Å². The van der Waals surface area contributed by atoms with E-state index in [0.29, 0.717) is 17.7 Å². The summed E-state index contributed by atoms with van der Waals surface area (Å²) in [5, 5.41) is 15.5. The minimum absolute atomic E-state index is 0.154. The van der Waals surface area contributed by atoms with Gasteiger partial charge in [-0.15, -0.1) is 0 Å². The number of nitrogens with zero attached hydrogens (tertiary/aromatic N) is 1. The molecule has 0 aromatic heterocycles. The highest BCUT2D eigenvalue weighted by molar-refractivity contribution is 5.99. The van der Waals surface area contributed by atoms with Gasteiger partial charge in [0.1, 0.15) is 17.7 Å². The van der Waals surface area contributed by atoms with Crippen LogP contribution >= 0.6 is 0 Å². The number of hydrogen-bond donors (Lipinski definition) is 3. The lowest BCUT2D eigenvalue weighted by atomic mass is 9.99. The third-order valence-electron chi connectivity index (χ3n) is 6.24. The molecule has 1 saturated carbocycles. The van der Waals surface area contributed by atoms with Gasteiger partial charge in [-0.3, -0.25) is 9.59 Å². The Morgan fingerprint density at radius 2 is 1.86 bits per heavy atom. The summed E-state index contributed by atoms with van der Waals surface area (Å²) < 4.78 is 5.29. The number of rotatable bonds is 9. The lowest BCUT2D eigenvalue weighted by Gasteiger charge is -2.34. The van der Waals surface area contributed by atoms with Gasteiger partial charge < -0.3 is 25.4 Å². The summed E-state index contributed by atoms with van der Waals surface area (Å²) in [4.78, 5) is 41.7. The summed E-state index contributed by atoms with van der Waals surface area (Å²) in [6, 6.07) is 12.2. The van der Waals surface area contributed by atoms with Crippen LogP contribution in [0.4, 0.5) is 10.5 Å². The van der Waals surface area contributed by atoms with Gasteiger partial charge in [-0.05, 0) is 68.9 Å². The van der Waals surface area contributed by atoms with E-state index in [1.165, 1.54) is 4.90 Å². The van der Waals surface area contributed by atoms with Crippen LogP contribution in [0.25, 0.3) is 6.08 Å². The Bertz CT molecular complexity index is 1160. The molecule has 0 radical (unpaired) electrons. The number of alkyl carbamates (subject to hydrolysis) is 1. The average molecular weight is 508 g/mol. The van der Waals surface area contributed by atoms with Gasteiger partial charge in [-0.25, -0.2) is 4.79 Å². The number of aryl methyl sites for hydroxylation is 1. The SMILES string of the molecule is C=Cc1cccc(C(C(=O)Nc2ccccc2C)N(C(=O)C(CO)NC(=O)OC(C)(C)C)C2CC2C)c1. The largest absolute Gasteiger partial charge is 0.444 e. The van der Waals surface area contributed by atoms with Gasteiger partial charge in [0.2, 0.25) is 5.91 Å². The monoisotopic (exact) mass is 507 g/mol. The lowest BCUT2D eigenvalue weighted by molar-refractivity contribution is -0.142. The predicted octanol–water partition coefficient (Wildman–Crippen LogP) is 4.44. The number of carbonyl (C=O) groups excluding carboxylic acids is 3. The lowest BCUT2D eigenvalue weighted by Crippen LogP contribution is -2.54. The van der Waals surface area contributed by atoms with Crippen molar-refractivity contribution in [3.8, 4) is 0 Å². The summed E-state index contributed by atoms with van der Waals surface area (Å²) in [7, 11) is 0. The zero-order chi connectivity index (χ0) is 27.3. The summed E-state index contributed by atoms with van der Waals surface area (Å²) in [5.41, 5.74) is 2.14. The van der Waals surface area contributed by atoms with Crippen LogP contribution in [0.1, 0.15) is 56.8 Å². The molecule has 0 heterocycles. The molecule has 1 aliphatic rings. The topological polar surface area (TPSA) is 108 Å². The molecule has 0 spiro atoms. The number of carbonyl (C=O) groups is 3. The van der Waals surface area contributed by atoms with E-state index in [1.807, 2.05) is 50.2 Å². The van der Waals surface area contributed by atoms with Crippen LogP contribution in [0, 0.1) is 12.8 Å². The Morgan fingerprint density at radius 1 is 1.19 bits per heavy atom. The molecular formula is C29H37N3O5. The van der Waals surface area contributed by atoms with Gasteiger partial charge in [0.15, 0.2) is 0 Å². The predicted molar refractivity (Wildman–Crippen MR) is 144 cm³/mol. The highest BCUT2D eigenvalue weighted by Crippen LogP contribution is 2.41. The molecule has 198 valence electrons. The third kappa shape index (κ3) is 7.20. The van der Waals surface area contributed by atoms with Gasteiger partial charge in [0.25, 0.3) is 5.91 Å². The molecule has 3 amide bonds. The van der Waals surface area contributed by atoms with Crippen molar-refractivity contribution in [3.63, 3.8) is 0 Å². The Morgan fingerprint density at radius 3 is 2.43 bits per heavy atom. The summed E-state index contributed by atoms with van der Waals surface area (Å²) in [5.74, 6) is -0.797. The zero-order valence-corrected chi connectivity index (χ0v) is 22.2. The molecule has 1 fully saturated rings. The Labute approximate surface area is 218 Å². The van der Waals surface area contributed by atoms with Crippen LogP contribution in [0.3, 0.4) is 0 Å². The fourth-order valence-corrected chi connectivity index (χ4v) is 4.20. The van der Waals surface area contributed by atoms with Gasteiger partial charge in [0.05, 0.1) is 6.61 Å². The van der Waals surface area contributed by atoms with Crippen molar-refractivity contribution >= 4 is 29.7 Å². The van der Waals surface area contributed by atoms with Crippen molar-refractivity contribution in [2.45, 2.75) is 64.8 Å². The number of ether oxygens (including phenoxy) is 1. The number of para-hydroxylation sites is 1. The quantitative estimate of drug-likeness (QED) is 0.465. The van der Waals surface area contributed by atoms with Crippen molar-refractivity contribution in [1.82, 2.24) is 10.2 Å². The van der Waals surface area contributed by atoms with Crippen LogP contribution in [-0.2, 0) is 14.3 Å². The molecule has 2 aromatic rings. The first kappa shape index (κ1) is 27.9. The molecule has 3 N–H and O–H groups in total. The average Bonchev–Trinajstić information content (AvgIpc) is 3.56. The maximum absolute atomic E-state index is 13.9. The Kier molecular flexibility index (Phi) is 8.76.